The van der Waals surface area contributed by atoms with Gasteiger partial charge in [-0.1, -0.05) is 39.3 Å². The zero-order chi connectivity index (χ0) is 19.6. The summed E-state index contributed by atoms with van der Waals surface area (Å²) in [4.78, 5) is 26.7. The molecule has 2 N–H and O–H groups in total. The van der Waals surface area contributed by atoms with Crippen LogP contribution in [0.3, 0.4) is 0 Å². The summed E-state index contributed by atoms with van der Waals surface area (Å²) in [5, 5.41) is 13.3. The highest BCUT2D eigenvalue weighted by molar-refractivity contribution is 6.07. The summed E-state index contributed by atoms with van der Waals surface area (Å²) < 4.78 is 5.61. The van der Waals surface area contributed by atoms with Crippen molar-refractivity contribution in [2.24, 2.45) is 11.8 Å². The lowest BCUT2D eigenvalue weighted by Gasteiger charge is -2.42. The predicted octanol–water partition coefficient (Wildman–Crippen LogP) is 2.74. The number of nitrogens with zero attached hydrogens (tertiary/aromatic N) is 1. The Morgan fingerprint density at radius 2 is 1.85 bits per heavy atom. The van der Waals surface area contributed by atoms with Crippen molar-refractivity contribution in [2.75, 3.05) is 13.2 Å². The maximum absolute atomic E-state index is 13.1. The van der Waals surface area contributed by atoms with E-state index in [4.69, 9.17) is 4.74 Å². The van der Waals surface area contributed by atoms with Crippen molar-refractivity contribution in [2.45, 2.75) is 58.1 Å². The Balaban J connectivity index is 1.61. The van der Waals surface area contributed by atoms with Crippen LogP contribution in [0.5, 0.6) is 5.75 Å². The third-order valence-corrected chi connectivity index (χ3v) is 6.15. The summed E-state index contributed by atoms with van der Waals surface area (Å²) >= 11 is 0. The summed E-state index contributed by atoms with van der Waals surface area (Å²) in [6, 6.07) is 7.27. The number of carbonyl (C=O) groups is 2. The standard InChI is InChI=1S/C21H30N2O4/c1-4-16-8-10-18(11-9-16)27-13-17(24)12-23-19(25)21(22-20(23)26)14(2)6-5-7-15(21)3/h8-11,14-15,17,24H,4-7,12-13H2,1-3H3,(H,22,26). The molecule has 6 heteroatoms. The fourth-order valence-corrected chi connectivity index (χ4v) is 4.40. The van der Waals surface area contributed by atoms with E-state index in [2.05, 4.69) is 12.2 Å². The first-order chi connectivity index (χ1) is 12.9. The second-order valence-electron chi connectivity index (χ2n) is 7.91. The molecule has 148 valence electrons. The number of rotatable bonds is 6. The van der Waals surface area contributed by atoms with E-state index in [0.29, 0.717) is 5.75 Å². The molecule has 2 fully saturated rings. The van der Waals surface area contributed by atoms with Gasteiger partial charge >= 0.3 is 6.03 Å². The number of imide groups is 1. The third kappa shape index (κ3) is 3.68. The fourth-order valence-electron chi connectivity index (χ4n) is 4.40. The van der Waals surface area contributed by atoms with Crippen molar-refractivity contribution in [1.82, 2.24) is 10.2 Å². The summed E-state index contributed by atoms with van der Waals surface area (Å²) in [6.07, 6.45) is 2.93. The number of hydrogen-bond acceptors (Lipinski definition) is 4. The van der Waals surface area contributed by atoms with Gasteiger partial charge in [-0.3, -0.25) is 9.69 Å². The molecule has 6 nitrogen and oxygen atoms in total. The maximum Gasteiger partial charge on any atom is 0.325 e. The molecule has 0 radical (unpaired) electrons. The van der Waals surface area contributed by atoms with E-state index in [1.165, 1.54) is 5.56 Å². The van der Waals surface area contributed by atoms with Crippen LogP contribution in [0.25, 0.3) is 0 Å². The number of aryl methyl sites for hydroxylation is 1. The lowest BCUT2D eigenvalue weighted by Crippen LogP contribution is -2.59. The van der Waals surface area contributed by atoms with Gasteiger partial charge in [0.1, 0.15) is 24.0 Å². The van der Waals surface area contributed by atoms with Gasteiger partial charge in [0, 0.05) is 0 Å². The van der Waals surface area contributed by atoms with E-state index >= 15 is 0 Å². The molecule has 1 spiro atoms. The van der Waals surface area contributed by atoms with Crippen LogP contribution in [0, 0.1) is 11.8 Å². The van der Waals surface area contributed by atoms with E-state index in [9.17, 15) is 14.7 Å². The topological polar surface area (TPSA) is 78.9 Å². The minimum absolute atomic E-state index is 0.0284. The fraction of sp³-hybridized carbons (Fsp3) is 0.619. The summed E-state index contributed by atoms with van der Waals surface area (Å²) in [5.74, 6) is 0.634. The predicted molar refractivity (Wildman–Crippen MR) is 102 cm³/mol. The van der Waals surface area contributed by atoms with Crippen molar-refractivity contribution in [3.63, 3.8) is 0 Å². The van der Waals surface area contributed by atoms with Gasteiger partial charge < -0.3 is 15.2 Å². The Labute approximate surface area is 160 Å². The zero-order valence-corrected chi connectivity index (χ0v) is 16.4. The number of aliphatic hydroxyl groups excluding tert-OH is 1. The molecule has 1 heterocycles. The number of nitrogens with one attached hydrogen (secondary N) is 1. The van der Waals surface area contributed by atoms with Crippen molar-refractivity contribution < 1.29 is 19.4 Å². The highest BCUT2D eigenvalue weighted by Gasteiger charge is 2.58. The van der Waals surface area contributed by atoms with Crippen LogP contribution in [0.1, 0.15) is 45.6 Å². The third-order valence-electron chi connectivity index (χ3n) is 6.15. The zero-order valence-electron chi connectivity index (χ0n) is 16.4. The molecule has 1 aromatic rings. The molecular formula is C21H30N2O4. The minimum atomic E-state index is -0.935. The molecule has 3 rings (SSSR count). The van der Waals surface area contributed by atoms with E-state index in [0.717, 1.165) is 30.6 Å². The van der Waals surface area contributed by atoms with Crippen LogP contribution in [0.2, 0.25) is 0 Å². The summed E-state index contributed by atoms with van der Waals surface area (Å²) in [6.45, 7) is 6.10. The summed E-state index contributed by atoms with van der Waals surface area (Å²) in [7, 11) is 0. The first-order valence-corrected chi connectivity index (χ1v) is 9.92. The van der Waals surface area contributed by atoms with Crippen molar-refractivity contribution in [3.05, 3.63) is 29.8 Å². The van der Waals surface area contributed by atoms with Gasteiger partial charge in [-0.15, -0.1) is 0 Å². The Morgan fingerprint density at radius 1 is 1.22 bits per heavy atom. The molecule has 2 aliphatic rings. The van der Waals surface area contributed by atoms with Gasteiger partial charge in [0.2, 0.25) is 0 Å². The first-order valence-electron chi connectivity index (χ1n) is 9.92. The molecule has 1 saturated carbocycles. The Morgan fingerprint density at radius 3 is 2.44 bits per heavy atom. The number of aliphatic hydroxyl groups is 1. The number of hydrogen-bond donors (Lipinski definition) is 2. The van der Waals surface area contributed by atoms with Crippen molar-refractivity contribution in [3.8, 4) is 5.75 Å². The van der Waals surface area contributed by atoms with E-state index in [1.54, 1.807) is 0 Å². The lowest BCUT2D eigenvalue weighted by atomic mass is 9.67. The van der Waals surface area contributed by atoms with Crippen LogP contribution in [0.15, 0.2) is 24.3 Å². The van der Waals surface area contributed by atoms with Crippen LogP contribution in [0.4, 0.5) is 4.79 Å². The smallest absolute Gasteiger partial charge is 0.325 e. The minimum Gasteiger partial charge on any atom is -0.491 e. The van der Waals surface area contributed by atoms with Crippen LogP contribution in [-0.4, -0.2) is 46.7 Å². The first kappa shape index (κ1) is 19.7. The van der Waals surface area contributed by atoms with Crippen molar-refractivity contribution >= 4 is 11.9 Å². The number of carbonyl (C=O) groups excluding carboxylic acids is 2. The number of urea groups is 1. The molecule has 0 aromatic heterocycles. The second kappa shape index (κ2) is 7.89. The normalized spacial score (nSPS) is 29.1. The van der Waals surface area contributed by atoms with Gasteiger partial charge in [0.25, 0.3) is 5.91 Å². The Bertz CT molecular complexity index is 678. The number of ether oxygens (including phenoxy) is 1. The quantitative estimate of drug-likeness (QED) is 0.751. The average molecular weight is 374 g/mol. The molecule has 1 saturated heterocycles. The van der Waals surface area contributed by atoms with Crippen molar-refractivity contribution in [1.29, 1.82) is 0 Å². The highest BCUT2D eigenvalue weighted by atomic mass is 16.5. The maximum atomic E-state index is 13.1. The molecule has 27 heavy (non-hydrogen) atoms. The number of benzene rings is 1. The Kier molecular flexibility index (Phi) is 5.75. The largest absolute Gasteiger partial charge is 0.491 e. The molecule has 1 aromatic carbocycles. The van der Waals surface area contributed by atoms with Gasteiger partial charge in [-0.2, -0.15) is 0 Å². The molecular weight excluding hydrogens is 344 g/mol. The molecule has 3 unspecified atom stereocenters. The molecule has 3 atom stereocenters. The lowest BCUT2D eigenvalue weighted by molar-refractivity contribution is -0.137. The van der Waals surface area contributed by atoms with Crippen LogP contribution < -0.4 is 10.1 Å². The highest BCUT2D eigenvalue weighted by Crippen LogP contribution is 2.42. The summed E-state index contributed by atoms with van der Waals surface area (Å²) in [5.41, 5.74) is 0.384. The van der Waals surface area contributed by atoms with E-state index in [-0.39, 0.29) is 30.9 Å². The number of amides is 3. The number of β-amino-alcohol motifs (C(OH)–C–C–N with tert-alkyl or cyclic N) is 1. The van der Waals surface area contributed by atoms with Gasteiger partial charge in [-0.05, 0) is 48.8 Å². The molecule has 3 amide bonds. The Hall–Kier alpha value is -2.08. The SMILES string of the molecule is CCc1ccc(OCC(O)CN2C(=O)NC3(C2=O)C(C)CCCC3C)cc1. The van der Waals surface area contributed by atoms with Gasteiger partial charge in [-0.25, -0.2) is 4.79 Å². The van der Waals surface area contributed by atoms with Gasteiger partial charge in [0.15, 0.2) is 0 Å². The van der Waals surface area contributed by atoms with E-state index in [1.807, 2.05) is 38.1 Å². The van der Waals surface area contributed by atoms with Gasteiger partial charge in [0.05, 0.1) is 6.54 Å². The van der Waals surface area contributed by atoms with Crippen LogP contribution >= 0.6 is 0 Å². The van der Waals surface area contributed by atoms with Crippen LogP contribution in [-0.2, 0) is 11.2 Å². The molecule has 1 aliphatic heterocycles. The monoisotopic (exact) mass is 374 g/mol. The molecule has 0 bridgehead atoms. The molecule has 1 aliphatic carbocycles. The average Bonchev–Trinajstić information content (AvgIpc) is 2.91. The second-order valence-corrected chi connectivity index (χ2v) is 7.91. The van der Waals surface area contributed by atoms with E-state index < -0.39 is 17.7 Å².